The SMILES string of the molecule is [CH2]P(C)CCCCCCC. The first-order valence-electron chi connectivity index (χ1n) is 4.29. The highest BCUT2D eigenvalue weighted by molar-refractivity contribution is 7.58. The molecule has 0 aromatic carbocycles. The van der Waals surface area contributed by atoms with Crippen molar-refractivity contribution in [2.45, 2.75) is 39.0 Å². The Kier molecular flexibility index (Phi) is 7.86. The van der Waals surface area contributed by atoms with Crippen molar-refractivity contribution >= 4 is 7.92 Å². The quantitative estimate of drug-likeness (QED) is 0.408. The molecule has 0 aliphatic heterocycles. The predicted molar refractivity (Wildman–Crippen MR) is 51.8 cm³/mol. The van der Waals surface area contributed by atoms with Crippen LogP contribution in [0, 0.1) is 6.66 Å². The van der Waals surface area contributed by atoms with Gasteiger partial charge >= 0.3 is 0 Å². The van der Waals surface area contributed by atoms with Gasteiger partial charge in [-0.25, -0.2) is 0 Å². The maximum absolute atomic E-state index is 4.02. The second-order valence-electron chi connectivity index (χ2n) is 2.99. The van der Waals surface area contributed by atoms with Crippen LogP contribution in [0.1, 0.15) is 39.0 Å². The molecule has 10 heavy (non-hydrogen) atoms. The Morgan fingerprint density at radius 3 is 2.20 bits per heavy atom. The molecule has 0 aliphatic carbocycles. The standard InChI is InChI=1S/C9H20P/c1-4-5-6-7-8-9-10(2)3/h2,4-9H2,1,3H3. The van der Waals surface area contributed by atoms with E-state index < -0.39 is 0 Å². The number of rotatable bonds is 6. The smallest absolute Gasteiger partial charge is 0.0289 e. The fourth-order valence-corrected chi connectivity index (χ4v) is 1.75. The molecule has 0 heterocycles. The van der Waals surface area contributed by atoms with Gasteiger partial charge in [0.2, 0.25) is 0 Å². The second kappa shape index (κ2) is 7.54. The summed E-state index contributed by atoms with van der Waals surface area (Å²) in [6, 6.07) is 0. The molecule has 0 spiro atoms. The van der Waals surface area contributed by atoms with Gasteiger partial charge in [0.05, 0.1) is 0 Å². The summed E-state index contributed by atoms with van der Waals surface area (Å²) < 4.78 is 0. The minimum Gasteiger partial charge on any atom is -0.110 e. The van der Waals surface area contributed by atoms with Gasteiger partial charge in [-0.15, -0.1) is 7.92 Å². The molecule has 0 nitrogen and oxygen atoms in total. The van der Waals surface area contributed by atoms with Crippen LogP contribution in [0.5, 0.6) is 0 Å². The van der Waals surface area contributed by atoms with E-state index in [0.717, 1.165) is 0 Å². The third-order valence-electron chi connectivity index (χ3n) is 1.64. The monoisotopic (exact) mass is 159 g/mol. The van der Waals surface area contributed by atoms with Crippen molar-refractivity contribution in [3.05, 3.63) is 6.66 Å². The highest BCUT2D eigenvalue weighted by atomic mass is 31.1. The highest BCUT2D eigenvalue weighted by Crippen LogP contribution is 2.28. The lowest BCUT2D eigenvalue weighted by molar-refractivity contribution is 0.658. The van der Waals surface area contributed by atoms with E-state index >= 15 is 0 Å². The Labute approximate surface area is 67.2 Å². The molecule has 1 atom stereocenters. The van der Waals surface area contributed by atoms with E-state index in [2.05, 4.69) is 20.3 Å². The molecule has 0 saturated heterocycles. The van der Waals surface area contributed by atoms with E-state index in [1.54, 1.807) is 0 Å². The topological polar surface area (TPSA) is 0 Å². The summed E-state index contributed by atoms with van der Waals surface area (Å²) in [6.45, 7) is 8.54. The second-order valence-corrected chi connectivity index (χ2v) is 5.15. The Hall–Kier alpha value is 0.430. The lowest BCUT2D eigenvalue weighted by atomic mass is 10.2. The zero-order valence-electron chi connectivity index (χ0n) is 7.40. The lowest BCUT2D eigenvalue weighted by Crippen LogP contribution is -1.81. The molecule has 0 bridgehead atoms. The van der Waals surface area contributed by atoms with Crippen molar-refractivity contribution in [3.8, 4) is 0 Å². The molecule has 0 amide bonds. The van der Waals surface area contributed by atoms with Crippen LogP contribution in [0.2, 0.25) is 0 Å². The largest absolute Gasteiger partial charge is 0.110 e. The third-order valence-corrected chi connectivity index (χ3v) is 2.72. The van der Waals surface area contributed by atoms with Gasteiger partial charge in [0.15, 0.2) is 0 Å². The first kappa shape index (κ1) is 10.4. The van der Waals surface area contributed by atoms with Crippen LogP contribution in [0.4, 0.5) is 0 Å². The molecule has 0 aromatic heterocycles. The number of hydrogen-bond donors (Lipinski definition) is 0. The van der Waals surface area contributed by atoms with E-state index in [1.165, 1.54) is 38.3 Å². The van der Waals surface area contributed by atoms with Crippen molar-refractivity contribution in [3.63, 3.8) is 0 Å². The summed E-state index contributed by atoms with van der Waals surface area (Å²) in [6.07, 6.45) is 8.41. The summed E-state index contributed by atoms with van der Waals surface area (Å²) in [5, 5.41) is 0. The zero-order chi connectivity index (χ0) is 7.82. The van der Waals surface area contributed by atoms with Crippen molar-refractivity contribution in [2.24, 2.45) is 0 Å². The molecule has 61 valence electrons. The van der Waals surface area contributed by atoms with E-state index in [9.17, 15) is 0 Å². The normalized spacial score (nSPS) is 10.8. The molecule has 1 radical (unpaired) electrons. The van der Waals surface area contributed by atoms with E-state index in [1.807, 2.05) is 0 Å². The molecule has 0 saturated carbocycles. The van der Waals surface area contributed by atoms with Crippen LogP contribution in [-0.2, 0) is 0 Å². The van der Waals surface area contributed by atoms with Gasteiger partial charge in [0.25, 0.3) is 0 Å². The summed E-state index contributed by atoms with van der Waals surface area (Å²) in [7, 11) is 0.129. The van der Waals surface area contributed by atoms with E-state index in [-0.39, 0.29) is 7.92 Å². The molecular weight excluding hydrogens is 139 g/mol. The molecule has 1 heteroatoms. The van der Waals surface area contributed by atoms with Gasteiger partial charge in [-0.2, -0.15) is 0 Å². The van der Waals surface area contributed by atoms with Crippen molar-refractivity contribution in [1.82, 2.24) is 0 Å². The fraction of sp³-hybridized carbons (Fsp3) is 0.889. The summed E-state index contributed by atoms with van der Waals surface area (Å²) in [5.41, 5.74) is 0. The van der Waals surface area contributed by atoms with Gasteiger partial charge < -0.3 is 0 Å². The summed E-state index contributed by atoms with van der Waals surface area (Å²) >= 11 is 0. The van der Waals surface area contributed by atoms with Crippen LogP contribution < -0.4 is 0 Å². The van der Waals surface area contributed by atoms with E-state index in [4.69, 9.17) is 0 Å². The lowest BCUT2D eigenvalue weighted by Gasteiger charge is -2.03. The first-order valence-corrected chi connectivity index (χ1v) is 6.45. The Morgan fingerprint density at radius 2 is 1.70 bits per heavy atom. The maximum atomic E-state index is 4.02. The average Bonchev–Trinajstić information content (AvgIpc) is 1.87. The van der Waals surface area contributed by atoms with Gasteiger partial charge in [0, 0.05) is 0 Å². The fourth-order valence-electron chi connectivity index (χ4n) is 0.985. The third kappa shape index (κ3) is 8.43. The van der Waals surface area contributed by atoms with Crippen LogP contribution in [-0.4, -0.2) is 12.8 Å². The van der Waals surface area contributed by atoms with Crippen molar-refractivity contribution in [1.29, 1.82) is 0 Å². The van der Waals surface area contributed by atoms with Crippen LogP contribution in [0.15, 0.2) is 0 Å². The van der Waals surface area contributed by atoms with Gasteiger partial charge in [-0.1, -0.05) is 32.6 Å². The molecule has 0 fully saturated rings. The summed E-state index contributed by atoms with van der Waals surface area (Å²) in [4.78, 5) is 0. The minimum atomic E-state index is 0.129. The van der Waals surface area contributed by atoms with Crippen molar-refractivity contribution < 1.29 is 0 Å². The van der Waals surface area contributed by atoms with Gasteiger partial charge in [-0.3, -0.25) is 0 Å². The summed E-state index contributed by atoms with van der Waals surface area (Å²) in [5.74, 6) is 0. The minimum absolute atomic E-state index is 0.129. The van der Waals surface area contributed by atoms with Crippen LogP contribution in [0.3, 0.4) is 0 Å². The molecular formula is C9H20P. The highest BCUT2D eigenvalue weighted by Gasteiger charge is 1.92. The number of unbranched alkanes of at least 4 members (excludes halogenated alkanes) is 4. The molecule has 0 aliphatic rings. The Morgan fingerprint density at radius 1 is 1.10 bits per heavy atom. The van der Waals surface area contributed by atoms with Gasteiger partial charge in [-0.05, 0) is 25.9 Å². The number of hydrogen-bond acceptors (Lipinski definition) is 0. The van der Waals surface area contributed by atoms with Crippen molar-refractivity contribution in [2.75, 3.05) is 12.8 Å². The van der Waals surface area contributed by atoms with Crippen LogP contribution in [0.25, 0.3) is 0 Å². The predicted octanol–water partition coefficient (Wildman–Crippen LogP) is 3.86. The average molecular weight is 159 g/mol. The zero-order valence-corrected chi connectivity index (χ0v) is 8.29. The first-order chi connectivity index (χ1) is 4.77. The molecule has 0 N–H and O–H groups in total. The van der Waals surface area contributed by atoms with Gasteiger partial charge in [0.1, 0.15) is 0 Å². The Balaban J connectivity index is 2.77. The maximum Gasteiger partial charge on any atom is -0.0289 e. The van der Waals surface area contributed by atoms with E-state index in [0.29, 0.717) is 0 Å². The molecule has 0 rings (SSSR count). The Bertz CT molecular complexity index is 59.7. The van der Waals surface area contributed by atoms with Crippen LogP contribution >= 0.6 is 7.92 Å². The molecule has 1 unspecified atom stereocenters. The molecule has 0 aromatic rings.